The van der Waals surface area contributed by atoms with Gasteiger partial charge in [-0.2, -0.15) is 0 Å². The van der Waals surface area contributed by atoms with Crippen LogP contribution in [0.5, 0.6) is 0 Å². The van der Waals surface area contributed by atoms with Gasteiger partial charge in [0.15, 0.2) is 0 Å². The second-order valence-corrected chi connectivity index (χ2v) is 4.46. The summed E-state index contributed by atoms with van der Waals surface area (Å²) in [6.45, 7) is 7.82. The zero-order valence-corrected chi connectivity index (χ0v) is 11.5. The van der Waals surface area contributed by atoms with E-state index in [9.17, 15) is 9.90 Å². The van der Waals surface area contributed by atoms with Crippen molar-refractivity contribution in [2.24, 2.45) is 11.7 Å². The van der Waals surface area contributed by atoms with E-state index in [0.29, 0.717) is 19.8 Å². The van der Waals surface area contributed by atoms with Crippen molar-refractivity contribution < 1.29 is 19.4 Å². The maximum absolute atomic E-state index is 11.1. The monoisotopic (exact) mass is 262 g/mol. The number of amides is 1. The largest absolute Gasteiger partial charge is 0.389 e. The zero-order valence-electron chi connectivity index (χ0n) is 11.5. The van der Waals surface area contributed by atoms with Gasteiger partial charge in [0.1, 0.15) is 0 Å². The van der Waals surface area contributed by atoms with E-state index in [-0.39, 0.29) is 19.1 Å². The van der Waals surface area contributed by atoms with Crippen LogP contribution in [-0.4, -0.2) is 56.1 Å². The fourth-order valence-electron chi connectivity index (χ4n) is 1.47. The Bertz CT molecular complexity index is 224. The van der Waals surface area contributed by atoms with E-state index in [2.05, 4.69) is 5.32 Å². The van der Waals surface area contributed by atoms with Crippen LogP contribution in [-0.2, 0) is 14.3 Å². The number of nitrogens with one attached hydrogen (secondary N) is 1. The number of hydrogen-bond donors (Lipinski definition) is 3. The number of nitrogens with two attached hydrogens (primary N) is 1. The van der Waals surface area contributed by atoms with Crippen LogP contribution in [0.25, 0.3) is 0 Å². The van der Waals surface area contributed by atoms with E-state index in [1.165, 1.54) is 0 Å². The number of primary amides is 1. The first-order chi connectivity index (χ1) is 8.49. The number of aliphatic hydroxyl groups excluding tert-OH is 1. The molecular formula is C12H26N2O4. The number of hydrogen-bond acceptors (Lipinski definition) is 5. The van der Waals surface area contributed by atoms with Crippen molar-refractivity contribution in [2.75, 3.05) is 33.0 Å². The summed E-state index contributed by atoms with van der Waals surface area (Å²) in [5.74, 6) is -0.317. The highest BCUT2D eigenvalue weighted by atomic mass is 16.5. The summed E-state index contributed by atoms with van der Waals surface area (Å²) < 4.78 is 10.3. The summed E-state index contributed by atoms with van der Waals surface area (Å²) in [5.41, 5.74) is 5.25. The number of aliphatic hydroxyl groups is 1. The SMILES string of the molecule is CCOCCOCC(O)CNC(C(N)=O)C(C)C. The predicted molar refractivity (Wildman–Crippen MR) is 69.1 cm³/mol. The van der Waals surface area contributed by atoms with Crippen molar-refractivity contribution >= 4 is 5.91 Å². The number of rotatable bonds is 11. The van der Waals surface area contributed by atoms with E-state index in [0.717, 1.165) is 0 Å². The summed E-state index contributed by atoms with van der Waals surface area (Å²) in [6, 6.07) is -0.428. The molecule has 4 N–H and O–H groups in total. The molecule has 0 aliphatic heterocycles. The lowest BCUT2D eigenvalue weighted by atomic mass is 10.0. The highest BCUT2D eigenvalue weighted by Gasteiger charge is 2.19. The summed E-state index contributed by atoms with van der Waals surface area (Å²) in [7, 11) is 0. The maximum Gasteiger partial charge on any atom is 0.234 e. The molecule has 0 bridgehead atoms. The van der Waals surface area contributed by atoms with Gasteiger partial charge in [-0.05, 0) is 12.8 Å². The number of carbonyl (C=O) groups excluding carboxylic acids is 1. The lowest BCUT2D eigenvalue weighted by Crippen LogP contribution is -2.48. The Balaban J connectivity index is 3.68. The molecule has 0 saturated heterocycles. The second-order valence-electron chi connectivity index (χ2n) is 4.46. The minimum atomic E-state index is -0.660. The lowest BCUT2D eigenvalue weighted by Gasteiger charge is -2.21. The van der Waals surface area contributed by atoms with E-state index in [1.54, 1.807) is 0 Å². The standard InChI is InChI=1S/C12H26N2O4/c1-4-17-5-6-18-8-10(15)7-14-11(9(2)3)12(13)16/h9-11,14-15H,4-8H2,1-3H3,(H2,13,16). The van der Waals surface area contributed by atoms with Gasteiger partial charge in [-0.15, -0.1) is 0 Å². The van der Waals surface area contributed by atoms with Crippen LogP contribution in [0.3, 0.4) is 0 Å². The van der Waals surface area contributed by atoms with Gasteiger partial charge in [-0.1, -0.05) is 13.8 Å². The Morgan fingerprint density at radius 3 is 2.44 bits per heavy atom. The van der Waals surface area contributed by atoms with Gasteiger partial charge in [0, 0.05) is 13.2 Å². The van der Waals surface area contributed by atoms with Crippen molar-refractivity contribution in [1.29, 1.82) is 0 Å². The molecule has 2 unspecified atom stereocenters. The molecule has 18 heavy (non-hydrogen) atoms. The van der Waals surface area contributed by atoms with Crippen molar-refractivity contribution in [3.05, 3.63) is 0 Å². The molecule has 6 heteroatoms. The molecule has 0 aromatic heterocycles. The number of carbonyl (C=O) groups is 1. The van der Waals surface area contributed by atoms with Gasteiger partial charge in [0.05, 0.1) is 32.0 Å². The van der Waals surface area contributed by atoms with Gasteiger partial charge in [-0.25, -0.2) is 0 Å². The summed E-state index contributed by atoms with van der Waals surface area (Å²) in [6.07, 6.45) is -0.660. The molecule has 0 aromatic rings. The van der Waals surface area contributed by atoms with Crippen LogP contribution in [0.1, 0.15) is 20.8 Å². The topological polar surface area (TPSA) is 93.8 Å². The molecule has 0 spiro atoms. The van der Waals surface area contributed by atoms with E-state index >= 15 is 0 Å². The first kappa shape index (κ1) is 17.3. The fourth-order valence-corrected chi connectivity index (χ4v) is 1.47. The Kier molecular flexibility index (Phi) is 9.86. The molecule has 0 radical (unpaired) electrons. The molecule has 0 rings (SSSR count). The highest BCUT2D eigenvalue weighted by molar-refractivity contribution is 5.80. The molecule has 0 fully saturated rings. The molecule has 1 amide bonds. The predicted octanol–water partition coefficient (Wildman–Crippen LogP) is -0.500. The van der Waals surface area contributed by atoms with Gasteiger partial charge >= 0.3 is 0 Å². The van der Waals surface area contributed by atoms with Gasteiger partial charge in [0.25, 0.3) is 0 Å². The van der Waals surface area contributed by atoms with Crippen molar-refractivity contribution in [3.8, 4) is 0 Å². The molecular weight excluding hydrogens is 236 g/mol. The molecule has 0 aromatic carbocycles. The Labute approximate surface area is 109 Å². The van der Waals surface area contributed by atoms with Crippen molar-refractivity contribution in [2.45, 2.75) is 32.9 Å². The van der Waals surface area contributed by atoms with Crippen LogP contribution in [0.4, 0.5) is 0 Å². The lowest BCUT2D eigenvalue weighted by molar-refractivity contribution is -0.121. The van der Waals surface area contributed by atoms with Gasteiger partial charge in [0.2, 0.25) is 5.91 Å². The Morgan fingerprint density at radius 1 is 1.33 bits per heavy atom. The third-order valence-electron chi connectivity index (χ3n) is 2.43. The molecule has 0 saturated carbocycles. The first-order valence-electron chi connectivity index (χ1n) is 6.35. The summed E-state index contributed by atoms with van der Waals surface area (Å²) >= 11 is 0. The van der Waals surface area contributed by atoms with Crippen LogP contribution in [0.15, 0.2) is 0 Å². The molecule has 6 nitrogen and oxygen atoms in total. The molecule has 0 aliphatic rings. The quantitative estimate of drug-likeness (QED) is 0.436. The van der Waals surface area contributed by atoms with E-state index in [1.807, 2.05) is 20.8 Å². The molecule has 0 aliphatic carbocycles. The zero-order chi connectivity index (χ0) is 14.0. The highest BCUT2D eigenvalue weighted by Crippen LogP contribution is 2.00. The van der Waals surface area contributed by atoms with Crippen LogP contribution in [0, 0.1) is 5.92 Å². The van der Waals surface area contributed by atoms with Gasteiger partial charge in [-0.3, -0.25) is 4.79 Å². The third-order valence-corrected chi connectivity index (χ3v) is 2.43. The smallest absolute Gasteiger partial charge is 0.234 e. The molecule has 0 heterocycles. The van der Waals surface area contributed by atoms with E-state index in [4.69, 9.17) is 15.2 Å². The second kappa shape index (κ2) is 10.3. The maximum atomic E-state index is 11.1. The third kappa shape index (κ3) is 8.41. The number of ether oxygens (including phenoxy) is 2. The van der Waals surface area contributed by atoms with E-state index < -0.39 is 18.1 Å². The molecule has 2 atom stereocenters. The summed E-state index contributed by atoms with van der Waals surface area (Å²) in [4.78, 5) is 11.1. The van der Waals surface area contributed by atoms with Crippen molar-refractivity contribution in [1.82, 2.24) is 5.32 Å². The van der Waals surface area contributed by atoms with Gasteiger partial charge < -0.3 is 25.6 Å². The van der Waals surface area contributed by atoms with Crippen LogP contribution >= 0.6 is 0 Å². The minimum absolute atomic E-state index is 0.0913. The minimum Gasteiger partial charge on any atom is -0.389 e. The normalized spacial score (nSPS) is 14.7. The Hall–Kier alpha value is -0.690. The fraction of sp³-hybridized carbons (Fsp3) is 0.917. The van der Waals surface area contributed by atoms with Crippen molar-refractivity contribution in [3.63, 3.8) is 0 Å². The molecule has 108 valence electrons. The summed E-state index contributed by atoms with van der Waals surface area (Å²) in [5, 5.41) is 12.6. The average Bonchev–Trinajstić information content (AvgIpc) is 2.28. The van der Waals surface area contributed by atoms with Crippen LogP contribution < -0.4 is 11.1 Å². The first-order valence-corrected chi connectivity index (χ1v) is 6.35. The Morgan fingerprint density at radius 2 is 1.94 bits per heavy atom. The van der Waals surface area contributed by atoms with Crippen LogP contribution in [0.2, 0.25) is 0 Å². The average molecular weight is 262 g/mol.